The largest absolute Gasteiger partial charge is 0.368 e. The van der Waals surface area contributed by atoms with Crippen LogP contribution in [0.5, 0.6) is 0 Å². The third-order valence-electron chi connectivity index (χ3n) is 4.16. The number of anilines is 1. The standard InChI is InChI=1S/C19H21BrN2OS/c20-17-8-6-16(7-9-17)14-24-15-19(23)22-12-10-21(11-13-22)18-4-2-1-3-5-18/h1-9H,10-15H2. The number of hydrogen-bond acceptors (Lipinski definition) is 3. The Morgan fingerprint density at radius 2 is 1.62 bits per heavy atom. The van der Waals surface area contributed by atoms with Gasteiger partial charge in [0.25, 0.3) is 0 Å². The molecule has 2 aromatic carbocycles. The molecule has 0 radical (unpaired) electrons. The number of carbonyl (C=O) groups is 1. The minimum Gasteiger partial charge on any atom is -0.368 e. The molecule has 0 N–H and O–H groups in total. The van der Waals surface area contributed by atoms with Gasteiger partial charge in [0.2, 0.25) is 5.91 Å². The van der Waals surface area contributed by atoms with Gasteiger partial charge in [0, 0.05) is 42.1 Å². The predicted molar refractivity (Wildman–Crippen MR) is 106 cm³/mol. The first-order valence-corrected chi connectivity index (χ1v) is 10.1. The van der Waals surface area contributed by atoms with Gasteiger partial charge in [-0.15, -0.1) is 11.8 Å². The van der Waals surface area contributed by atoms with E-state index in [9.17, 15) is 4.79 Å². The molecule has 0 unspecified atom stereocenters. The average molecular weight is 405 g/mol. The van der Waals surface area contributed by atoms with Crippen molar-refractivity contribution in [3.8, 4) is 0 Å². The lowest BCUT2D eigenvalue weighted by Crippen LogP contribution is -2.49. The summed E-state index contributed by atoms with van der Waals surface area (Å²) in [5, 5.41) is 0. The quantitative estimate of drug-likeness (QED) is 0.751. The summed E-state index contributed by atoms with van der Waals surface area (Å²) in [7, 11) is 0. The molecule has 0 spiro atoms. The zero-order valence-electron chi connectivity index (χ0n) is 13.5. The van der Waals surface area contributed by atoms with Crippen molar-refractivity contribution >= 4 is 39.3 Å². The molecule has 0 bridgehead atoms. The first-order valence-electron chi connectivity index (χ1n) is 8.12. The summed E-state index contributed by atoms with van der Waals surface area (Å²) >= 11 is 5.13. The van der Waals surface area contributed by atoms with Gasteiger partial charge >= 0.3 is 0 Å². The monoisotopic (exact) mass is 404 g/mol. The van der Waals surface area contributed by atoms with Crippen molar-refractivity contribution in [2.24, 2.45) is 0 Å². The number of para-hydroxylation sites is 1. The van der Waals surface area contributed by atoms with Gasteiger partial charge in [0.05, 0.1) is 5.75 Å². The Balaban J connectivity index is 1.41. The summed E-state index contributed by atoms with van der Waals surface area (Å²) in [6.45, 7) is 3.44. The number of rotatable bonds is 5. The van der Waals surface area contributed by atoms with E-state index in [1.165, 1.54) is 11.3 Å². The molecule has 1 aliphatic heterocycles. The highest BCUT2D eigenvalue weighted by Gasteiger charge is 2.20. The fourth-order valence-corrected chi connectivity index (χ4v) is 3.93. The lowest BCUT2D eigenvalue weighted by atomic mass is 10.2. The van der Waals surface area contributed by atoms with Crippen LogP contribution in [0.3, 0.4) is 0 Å². The van der Waals surface area contributed by atoms with Gasteiger partial charge < -0.3 is 9.80 Å². The molecule has 0 aromatic heterocycles. The molecule has 1 aliphatic rings. The smallest absolute Gasteiger partial charge is 0.232 e. The van der Waals surface area contributed by atoms with Gasteiger partial charge in [-0.05, 0) is 29.8 Å². The molecule has 3 nitrogen and oxygen atoms in total. The Kier molecular flexibility index (Phi) is 6.21. The van der Waals surface area contributed by atoms with Crippen molar-refractivity contribution in [1.82, 2.24) is 4.90 Å². The Hall–Kier alpha value is -1.46. The van der Waals surface area contributed by atoms with E-state index in [0.717, 1.165) is 36.4 Å². The second kappa shape index (κ2) is 8.58. The van der Waals surface area contributed by atoms with Gasteiger partial charge in [-0.2, -0.15) is 0 Å². The maximum atomic E-state index is 12.4. The molecule has 1 fully saturated rings. The van der Waals surface area contributed by atoms with Crippen LogP contribution in [-0.4, -0.2) is 42.7 Å². The Morgan fingerprint density at radius 1 is 0.958 bits per heavy atom. The summed E-state index contributed by atoms with van der Waals surface area (Å²) in [6.07, 6.45) is 0. The van der Waals surface area contributed by atoms with E-state index in [-0.39, 0.29) is 5.91 Å². The van der Waals surface area contributed by atoms with Crippen LogP contribution in [0.2, 0.25) is 0 Å². The number of piperazine rings is 1. The highest BCUT2D eigenvalue weighted by molar-refractivity contribution is 9.10. The number of nitrogens with zero attached hydrogens (tertiary/aromatic N) is 2. The molecule has 126 valence electrons. The lowest BCUT2D eigenvalue weighted by Gasteiger charge is -2.36. The van der Waals surface area contributed by atoms with E-state index in [4.69, 9.17) is 0 Å². The normalized spacial score (nSPS) is 14.7. The van der Waals surface area contributed by atoms with Crippen molar-refractivity contribution in [2.45, 2.75) is 5.75 Å². The number of carbonyl (C=O) groups excluding carboxylic acids is 1. The molecule has 1 saturated heterocycles. The maximum absolute atomic E-state index is 12.4. The van der Waals surface area contributed by atoms with E-state index in [2.05, 4.69) is 57.2 Å². The van der Waals surface area contributed by atoms with E-state index in [0.29, 0.717) is 5.75 Å². The van der Waals surface area contributed by atoms with Crippen LogP contribution in [0.4, 0.5) is 5.69 Å². The van der Waals surface area contributed by atoms with Crippen molar-refractivity contribution in [3.05, 3.63) is 64.6 Å². The van der Waals surface area contributed by atoms with Crippen LogP contribution in [-0.2, 0) is 10.5 Å². The summed E-state index contributed by atoms with van der Waals surface area (Å²) < 4.78 is 1.09. The van der Waals surface area contributed by atoms with Gasteiger partial charge in [0.1, 0.15) is 0 Å². The number of hydrogen-bond donors (Lipinski definition) is 0. The molecular weight excluding hydrogens is 384 g/mol. The van der Waals surface area contributed by atoms with Gasteiger partial charge in [-0.3, -0.25) is 4.79 Å². The summed E-state index contributed by atoms with van der Waals surface area (Å²) in [5.74, 6) is 1.69. The minimum absolute atomic E-state index is 0.254. The number of thioether (sulfide) groups is 1. The zero-order valence-corrected chi connectivity index (χ0v) is 15.9. The highest BCUT2D eigenvalue weighted by Crippen LogP contribution is 2.18. The van der Waals surface area contributed by atoms with Crippen LogP contribution in [0.25, 0.3) is 0 Å². The molecule has 1 amide bonds. The van der Waals surface area contributed by atoms with Crippen molar-refractivity contribution in [3.63, 3.8) is 0 Å². The first-order chi connectivity index (χ1) is 11.7. The summed E-state index contributed by atoms with van der Waals surface area (Å²) in [6, 6.07) is 18.7. The Morgan fingerprint density at radius 3 is 2.29 bits per heavy atom. The third kappa shape index (κ3) is 4.77. The fraction of sp³-hybridized carbons (Fsp3) is 0.316. The first kappa shape index (κ1) is 17.4. The molecule has 0 aliphatic carbocycles. The second-order valence-electron chi connectivity index (χ2n) is 5.82. The lowest BCUT2D eigenvalue weighted by molar-refractivity contribution is -0.128. The van der Waals surface area contributed by atoms with E-state index in [1.54, 1.807) is 11.8 Å². The summed E-state index contributed by atoms with van der Waals surface area (Å²) in [5.41, 5.74) is 2.50. The molecule has 0 atom stereocenters. The van der Waals surface area contributed by atoms with E-state index in [1.807, 2.05) is 23.1 Å². The summed E-state index contributed by atoms with van der Waals surface area (Å²) in [4.78, 5) is 16.7. The van der Waals surface area contributed by atoms with Crippen molar-refractivity contribution < 1.29 is 4.79 Å². The molecule has 3 rings (SSSR count). The predicted octanol–water partition coefficient (Wildman–Crippen LogP) is 4.03. The van der Waals surface area contributed by atoms with Gasteiger partial charge in [-0.1, -0.05) is 46.3 Å². The molecule has 0 saturated carbocycles. The van der Waals surface area contributed by atoms with Crippen LogP contribution >= 0.6 is 27.7 Å². The van der Waals surface area contributed by atoms with Crippen LogP contribution in [0, 0.1) is 0 Å². The fourth-order valence-electron chi connectivity index (χ4n) is 2.78. The molecule has 5 heteroatoms. The second-order valence-corrected chi connectivity index (χ2v) is 7.72. The number of benzene rings is 2. The van der Waals surface area contributed by atoms with Crippen LogP contribution in [0.1, 0.15) is 5.56 Å². The highest BCUT2D eigenvalue weighted by atomic mass is 79.9. The SMILES string of the molecule is O=C(CSCc1ccc(Br)cc1)N1CCN(c2ccccc2)CC1. The van der Waals surface area contributed by atoms with Crippen molar-refractivity contribution in [1.29, 1.82) is 0 Å². The minimum atomic E-state index is 0.254. The zero-order chi connectivity index (χ0) is 16.8. The molecular formula is C19H21BrN2OS. The van der Waals surface area contributed by atoms with Gasteiger partial charge in [0.15, 0.2) is 0 Å². The van der Waals surface area contributed by atoms with Crippen LogP contribution < -0.4 is 4.90 Å². The molecule has 1 heterocycles. The maximum Gasteiger partial charge on any atom is 0.232 e. The third-order valence-corrected chi connectivity index (χ3v) is 5.68. The topological polar surface area (TPSA) is 23.6 Å². The molecule has 24 heavy (non-hydrogen) atoms. The van der Waals surface area contributed by atoms with Crippen LogP contribution in [0.15, 0.2) is 59.1 Å². The van der Waals surface area contributed by atoms with E-state index < -0.39 is 0 Å². The van der Waals surface area contributed by atoms with Crippen molar-refractivity contribution in [2.75, 3.05) is 36.8 Å². The van der Waals surface area contributed by atoms with E-state index >= 15 is 0 Å². The van der Waals surface area contributed by atoms with Gasteiger partial charge in [-0.25, -0.2) is 0 Å². The Labute approximate surface area is 156 Å². The number of amides is 1. The molecule has 2 aromatic rings. The average Bonchev–Trinajstić information content (AvgIpc) is 2.64. The number of halogens is 1. The Bertz CT molecular complexity index is 655.